The Bertz CT molecular complexity index is 725. The molecule has 2 unspecified atom stereocenters. The monoisotopic (exact) mass is 314 g/mol. The zero-order chi connectivity index (χ0) is 16.0. The fourth-order valence-corrected chi connectivity index (χ4v) is 4.14. The average molecular weight is 314 g/mol. The molecule has 5 nitrogen and oxygen atoms in total. The van der Waals surface area contributed by atoms with Crippen molar-refractivity contribution in [2.75, 3.05) is 14.2 Å². The molecule has 2 bridgehead atoms. The van der Waals surface area contributed by atoms with E-state index in [2.05, 4.69) is 9.88 Å². The molecule has 2 saturated heterocycles. The number of carbonyl (C=O) groups is 1. The molecule has 2 aliphatic rings. The first-order valence-corrected chi connectivity index (χ1v) is 8.22. The number of piperidine rings is 1. The van der Waals surface area contributed by atoms with E-state index in [4.69, 9.17) is 9.47 Å². The fourth-order valence-electron chi connectivity index (χ4n) is 4.14. The van der Waals surface area contributed by atoms with Crippen LogP contribution < -0.4 is 4.74 Å². The molecule has 0 saturated carbocycles. The molecule has 0 radical (unpaired) electrons. The summed E-state index contributed by atoms with van der Waals surface area (Å²) < 4.78 is 10.8. The third-order valence-corrected chi connectivity index (χ3v) is 5.32. The molecular formula is C18H22N2O3. The minimum atomic E-state index is 0.113. The van der Waals surface area contributed by atoms with Crippen molar-refractivity contribution < 1.29 is 14.3 Å². The Morgan fingerprint density at radius 1 is 1.17 bits per heavy atom. The first kappa shape index (κ1) is 14.6. The van der Waals surface area contributed by atoms with E-state index in [-0.39, 0.29) is 5.91 Å². The van der Waals surface area contributed by atoms with Crippen molar-refractivity contribution in [2.45, 2.75) is 43.9 Å². The summed E-state index contributed by atoms with van der Waals surface area (Å²) in [5.41, 5.74) is 1.60. The largest absolute Gasteiger partial charge is 0.497 e. The molecule has 1 aromatic carbocycles. The number of fused-ring (bicyclic) bond motifs is 3. The summed E-state index contributed by atoms with van der Waals surface area (Å²) in [4.78, 5) is 18.3. The Kier molecular flexibility index (Phi) is 3.53. The summed E-state index contributed by atoms with van der Waals surface area (Å²) in [6, 6.07) is 8.39. The van der Waals surface area contributed by atoms with Crippen LogP contribution in [0, 0.1) is 0 Å². The van der Waals surface area contributed by atoms with Crippen molar-refractivity contribution in [3.63, 3.8) is 0 Å². The Balaban J connectivity index is 1.62. The van der Waals surface area contributed by atoms with Gasteiger partial charge in [0.25, 0.3) is 5.91 Å². The summed E-state index contributed by atoms with van der Waals surface area (Å²) in [7, 11) is 3.42. The molecule has 23 heavy (non-hydrogen) atoms. The summed E-state index contributed by atoms with van der Waals surface area (Å²) in [5.74, 6) is 0.904. The summed E-state index contributed by atoms with van der Waals surface area (Å²) >= 11 is 0. The number of methoxy groups -OCH3 is 2. The number of rotatable bonds is 3. The van der Waals surface area contributed by atoms with Gasteiger partial charge >= 0.3 is 0 Å². The Morgan fingerprint density at radius 3 is 2.57 bits per heavy atom. The molecule has 0 aliphatic carbocycles. The first-order valence-electron chi connectivity index (χ1n) is 8.22. The van der Waals surface area contributed by atoms with E-state index in [1.165, 1.54) is 0 Å². The first-order chi connectivity index (χ1) is 11.2. The number of carbonyl (C=O) groups excluding carboxylic acids is 1. The van der Waals surface area contributed by atoms with Crippen LogP contribution in [0.2, 0.25) is 0 Å². The number of aromatic nitrogens is 1. The number of benzene rings is 1. The molecule has 2 aromatic rings. The van der Waals surface area contributed by atoms with E-state index in [0.717, 1.165) is 42.3 Å². The van der Waals surface area contributed by atoms with Gasteiger partial charge in [0, 0.05) is 36.2 Å². The van der Waals surface area contributed by atoms with Gasteiger partial charge in [-0.05, 0) is 43.9 Å². The van der Waals surface area contributed by atoms with Gasteiger partial charge in [0.05, 0.1) is 13.2 Å². The highest BCUT2D eigenvalue weighted by molar-refractivity contribution is 5.98. The van der Waals surface area contributed by atoms with Gasteiger partial charge in [-0.2, -0.15) is 0 Å². The second kappa shape index (κ2) is 5.57. The van der Waals surface area contributed by atoms with Crippen molar-refractivity contribution in [3.8, 4) is 5.75 Å². The van der Waals surface area contributed by atoms with Crippen LogP contribution in [0.3, 0.4) is 0 Å². The molecule has 3 heterocycles. The minimum Gasteiger partial charge on any atom is -0.497 e. The third kappa shape index (κ3) is 2.39. The molecule has 5 heteroatoms. The van der Waals surface area contributed by atoms with Crippen molar-refractivity contribution in [2.24, 2.45) is 0 Å². The molecular weight excluding hydrogens is 292 g/mol. The number of aromatic amines is 1. The second-order valence-corrected chi connectivity index (χ2v) is 6.56. The standard InChI is InChI=1S/C18H22N2O3/c1-22-14-6-3-11-7-17(19-16(11)10-14)18(21)20-12-4-5-13(20)9-15(8-12)23-2/h3,6-7,10,12-13,15,19H,4-5,8-9H2,1-2H3. The predicted octanol–water partition coefficient (Wildman–Crippen LogP) is 2.96. The van der Waals surface area contributed by atoms with Crippen molar-refractivity contribution in [3.05, 3.63) is 30.0 Å². The summed E-state index contributed by atoms with van der Waals surface area (Å²) in [6.45, 7) is 0. The highest BCUT2D eigenvalue weighted by Gasteiger charge is 2.43. The van der Waals surface area contributed by atoms with Gasteiger partial charge < -0.3 is 19.4 Å². The lowest BCUT2D eigenvalue weighted by Gasteiger charge is -2.38. The van der Waals surface area contributed by atoms with Crippen molar-refractivity contribution in [1.29, 1.82) is 0 Å². The molecule has 1 aromatic heterocycles. The lowest BCUT2D eigenvalue weighted by Crippen LogP contribution is -2.48. The maximum absolute atomic E-state index is 13.0. The van der Waals surface area contributed by atoms with Gasteiger partial charge in [0.15, 0.2) is 0 Å². The number of hydrogen-bond acceptors (Lipinski definition) is 3. The van der Waals surface area contributed by atoms with Crippen LogP contribution in [0.15, 0.2) is 24.3 Å². The van der Waals surface area contributed by atoms with Gasteiger partial charge in [-0.3, -0.25) is 4.79 Å². The average Bonchev–Trinajstić information content (AvgIpc) is 3.11. The van der Waals surface area contributed by atoms with Gasteiger partial charge in [0.2, 0.25) is 0 Å². The van der Waals surface area contributed by atoms with Crippen LogP contribution in [0.1, 0.15) is 36.2 Å². The third-order valence-electron chi connectivity index (χ3n) is 5.32. The summed E-state index contributed by atoms with van der Waals surface area (Å²) in [5, 5.41) is 1.04. The molecule has 2 aliphatic heterocycles. The van der Waals surface area contributed by atoms with Gasteiger partial charge in [-0.1, -0.05) is 0 Å². The highest BCUT2D eigenvalue weighted by atomic mass is 16.5. The quantitative estimate of drug-likeness (QED) is 0.947. The Hall–Kier alpha value is -2.01. The Morgan fingerprint density at radius 2 is 1.91 bits per heavy atom. The zero-order valence-corrected chi connectivity index (χ0v) is 13.5. The maximum atomic E-state index is 13.0. The van der Waals surface area contributed by atoms with Gasteiger partial charge in [-0.15, -0.1) is 0 Å². The van der Waals surface area contributed by atoms with Crippen molar-refractivity contribution >= 4 is 16.8 Å². The number of hydrogen-bond donors (Lipinski definition) is 1. The Labute approximate surface area is 135 Å². The van der Waals surface area contributed by atoms with Crippen LogP contribution in [0.25, 0.3) is 10.9 Å². The van der Waals surface area contributed by atoms with Crippen LogP contribution in [0.5, 0.6) is 5.75 Å². The SMILES string of the molecule is COc1ccc2cc(C(=O)N3C4CCC3CC(OC)C4)[nH]c2c1. The number of ether oxygens (including phenoxy) is 2. The van der Waals surface area contributed by atoms with Crippen LogP contribution >= 0.6 is 0 Å². The van der Waals surface area contributed by atoms with Crippen molar-refractivity contribution in [1.82, 2.24) is 9.88 Å². The van der Waals surface area contributed by atoms with Gasteiger partial charge in [-0.25, -0.2) is 0 Å². The predicted molar refractivity (Wildman–Crippen MR) is 87.9 cm³/mol. The van der Waals surface area contributed by atoms with Crippen LogP contribution in [0.4, 0.5) is 0 Å². The maximum Gasteiger partial charge on any atom is 0.270 e. The number of H-pyrrole nitrogens is 1. The summed E-state index contributed by atoms with van der Waals surface area (Å²) in [6.07, 6.45) is 4.37. The number of nitrogens with one attached hydrogen (secondary N) is 1. The van der Waals surface area contributed by atoms with Crippen LogP contribution in [-0.4, -0.2) is 48.2 Å². The molecule has 0 spiro atoms. The number of amides is 1. The normalized spacial score (nSPS) is 26.7. The van der Waals surface area contributed by atoms with E-state index >= 15 is 0 Å². The molecule has 1 N–H and O–H groups in total. The smallest absolute Gasteiger partial charge is 0.270 e. The molecule has 4 rings (SSSR count). The van der Waals surface area contributed by atoms with E-state index in [1.807, 2.05) is 24.3 Å². The molecule has 2 fully saturated rings. The number of nitrogens with zero attached hydrogens (tertiary/aromatic N) is 1. The molecule has 2 atom stereocenters. The van der Waals surface area contributed by atoms with E-state index in [9.17, 15) is 4.79 Å². The topological polar surface area (TPSA) is 54.6 Å². The zero-order valence-electron chi connectivity index (χ0n) is 13.5. The lowest BCUT2D eigenvalue weighted by molar-refractivity contribution is 0.00798. The van der Waals surface area contributed by atoms with Gasteiger partial charge in [0.1, 0.15) is 11.4 Å². The fraction of sp³-hybridized carbons (Fsp3) is 0.500. The lowest BCUT2D eigenvalue weighted by atomic mass is 9.99. The molecule has 1 amide bonds. The van der Waals surface area contributed by atoms with E-state index in [0.29, 0.717) is 23.9 Å². The van der Waals surface area contributed by atoms with Crippen LogP contribution in [-0.2, 0) is 4.74 Å². The minimum absolute atomic E-state index is 0.113. The second-order valence-electron chi connectivity index (χ2n) is 6.56. The van der Waals surface area contributed by atoms with E-state index < -0.39 is 0 Å². The molecule has 122 valence electrons. The van der Waals surface area contributed by atoms with E-state index in [1.54, 1.807) is 14.2 Å². The highest BCUT2D eigenvalue weighted by Crippen LogP contribution is 2.38.